The predicted octanol–water partition coefficient (Wildman–Crippen LogP) is 3.68. The van der Waals surface area contributed by atoms with E-state index in [1.54, 1.807) is 36.0 Å². The molecule has 0 aliphatic carbocycles. The standard InChI is InChI=1S/C17H16Cl2N6O3/c1-11-16(25(27)28)10-23(22-11)6-5-17(26)21-12-7-20-24(8-12)9-13-14(18)3-2-4-15(13)19/h2-4,7-8,10H,5-6,9H2,1H3,(H,21,26). The average molecular weight is 423 g/mol. The summed E-state index contributed by atoms with van der Waals surface area (Å²) >= 11 is 12.3. The first kappa shape index (κ1) is 19.8. The number of halogens is 2. The summed E-state index contributed by atoms with van der Waals surface area (Å²) in [4.78, 5) is 22.5. The van der Waals surface area contributed by atoms with Crippen LogP contribution >= 0.6 is 23.2 Å². The molecule has 11 heteroatoms. The van der Waals surface area contributed by atoms with Crippen LogP contribution in [-0.2, 0) is 17.9 Å². The van der Waals surface area contributed by atoms with Crippen LogP contribution in [0.25, 0.3) is 0 Å². The average Bonchev–Trinajstić information content (AvgIpc) is 3.23. The molecule has 1 aromatic carbocycles. The third-order valence-electron chi connectivity index (χ3n) is 3.98. The minimum Gasteiger partial charge on any atom is -0.323 e. The monoisotopic (exact) mass is 422 g/mol. The Labute approximate surface area is 170 Å². The zero-order chi connectivity index (χ0) is 20.3. The van der Waals surface area contributed by atoms with E-state index in [4.69, 9.17) is 23.2 Å². The number of hydrogen-bond acceptors (Lipinski definition) is 5. The molecule has 3 aromatic rings. The summed E-state index contributed by atoms with van der Waals surface area (Å²) in [5.74, 6) is -0.258. The molecule has 28 heavy (non-hydrogen) atoms. The molecule has 0 bridgehead atoms. The number of nitro groups is 1. The molecule has 2 aromatic heterocycles. The molecular formula is C17H16Cl2N6O3. The van der Waals surface area contributed by atoms with Crippen molar-refractivity contribution in [2.75, 3.05) is 5.32 Å². The van der Waals surface area contributed by atoms with Gasteiger partial charge in [-0.3, -0.25) is 24.3 Å². The summed E-state index contributed by atoms with van der Waals surface area (Å²) < 4.78 is 3.00. The lowest BCUT2D eigenvalue weighted by Gasteiger charge is -2.06. The quantitative estimate of drug-likeness (QED) is 0.461. The van der Waals surface area contributed by atoms with Gasteiger partial charge in [-0.15, -0.1) is 0 Å². The second-order valence-corrected chi connectivity index (χ2v) is 6.86. The first-order valence-electron chi connectivity index (χ1n) is 8.27. The first-order valence-corrected chi connectivity index (χ1v) is 9.02. The summed E-state index contributed by atoms with van der Waals surface area (Å²) in [5.41, 5.74) is 1.50. The Morgan fingerprint density at radius 2 is 1.96 bits per heavy atom. The van der Waals surface area contributed by atoms with Gasteiger partial charge in [-0.1, -0.05) is 29.3 Å². The fourth-order valence-electron chi connectivity index (χ4n) is 2.60. The number of nitrogens with one attached hydrogen (secondary N) is 1. The Kier molecular flexibility index (Phi) is 5.96. The molecule has 2 heterocycles. The Hall–Kier alpha value is -2.91. The fourth-order valence-corrected chi connectivity index (χ4v) is 3.12. The minimum atomic E-state index is -0.501. The summed E-state index contributed by atoms with van der Waals surface area (Å²) in [6, 6.07) is 5.26. The summed E-state index contributed by atoms with van der Waals surface area (Å²) in [6.45, 7) is 2.14. The van der Waals surface area contributed by atoms with E-state index in [0.29, 0.717) is 28.0 Å². The van der Waals surface area contributed by atoms with E-state index in [9.17, 15) is 14.9 Å². The Morgan fingerprint density at radius 1 is 1.25 bits per heavy atom. The SMILES string of the molecule is Cc1nn(CCC(=O)Nc2cnn(Cc3c(Cl)cccc3Cl)c2)cc1[N+](=O)[O-]. The highest BCUT2D eigenvalue weighted by atomic mass is 35.5. The molecular weight excluding hydrogens is 407 g/mol. The Morgan fingerprint density at radius 3 is 2.61 bits per heavy atom. The number of aryl methyl sites for hydroxylation is 2. The van der Waals surface area contributed by atoms with Crippen LogP contribution in [-0.4, -0.2) is 30.4 Å². The van der Waals surface area contributed by atoms with Crippen molar-refractivity contribution in [3.05, 3.63) is 68.2 Å². The van der Waals surface area contributed by atoms with Crippen LogP contribution in [0.1, 0.15) is 17.7 Å². The molecule has 0 radical (unpaired) electrons. The molecule has 0 fully saturated rings. The second-order valence-electron chi connectivity index (χ2n) is 6.04. The van der Waals surface area contributed by atoms with Gasteiger partial charge in [0.2, 0.25) is 5.91 Å². The van der Waals surface area contributed by atoms with Gasteiger partial charge >= 0.3 is 5.69 Å². The summed E-state index contributed by atoms with van der Waals surface area (Å²) in [7, 11) is 0. The van der Waals surface area contributed by atoms with Crippen molar-refractivity contribution >= 4 is 40.5 Å². The number of aromatic nitrogens is 4. The van der Waals surface area contributed by atoms with E-state index in [2.05, 4.69) is 15.5 Å². The van der Waals surface area contributed by atoms with Gasteiger partial charge in [0.25, 0.3) is 0 Å². The van der Waals surface area contributed by atoms with Gasteiger partial charge in [-0.25, -0.2) is 0 Å². The van der Waals surface area contributed by atoms with E-state index in [1.165, 1.54) is 17.1 Å². The van der Waals surface area contributed by atoms with Crippen molar-refractivity contribution in [2.45, 2.75) is 26.4 Å². The maximum Gasteiger partial charge on any atom is 0.309 e. The number of nitrogens with zero attached hydrogens (tertiary/aromatic N) is 5. The number of rotatable bonds is 7. The molecule has 0 spiro atoms. The van der Waals surface area contributed by atoms with Gasteiger partial charge in [0, 0.05) is 34.8 Å². The lowest BCUT2D eigenvalue weighted by molar-refractivity contribution is -0.385. The zero-order valence-corrected chi connectivity index (χ0v) is 16.3. The van der Waals surface area contributed by atoms with Crippen LogP contribution in [0.15, 0.2) is 36.8 Å². The second kappa shape index (κ2) is 8.41. The molecule has 0 aliphatic rings. The maximum absolute atomic E-state index is 12.1. The van der Waals surface area contributed by atoms with E-state index in [1.807, 2.05) is 0 Å². The maximum atomic E-state index is 12.1. The molecule has 0 unspecified atom stereocenters. The highest BCUT2D eigenvalue weighted by molar-refractivity contribution is 6.35. The van der Waals surface area contributed by atoms with Gasteiger partial charge < -0.3 is 5.32 Å². The van der Waals surface area contributed by atoms with Crippen molar-refractivity contribution in [1.29, 1.82) is 0 Å². The molecule has 1 N–H and O–H groups in total. The van der Waals surface area contributed by atoms with E-state index >= 15 is 0 Å². The first-order chi connectivity index (χ1) is 13.3. The van der Waals surface area contributed by atoms with Crippen molar-refractivity contribution < 1.29 is 9.72 Å². The number of hydrogen-bond donors (Lipinski definition) is 1. The largest absolute Gasteiger partial charge is 0.323 e. The third kappa shape index (κ3) is 4.68. The van der Waals surface area contributed by atoms with Crippen molar-refractivity contribution in [3.8, 4) is 0 Å². The van der Waals surface area contributed by atoms with Crippen molar-refractivity contribution in [3.63, 3.8) is 0 Å². The smallest absolute Gasteiger partial charge is 0.309 e. The van der Waals surface area contributed by atoms with E-state index in [-0.39, 0.29) is 24.6 Å². The predicted molar refractivity (Wildman–Crippen MR) is 105 cm³/mol. The Bertz CT molecular complexity index is 1010. The Balaban J connectivity index is 1.57. The van der Waals surface area contributed by atoms with Crippen LogP contribution in [0, 0.1) is 17.0 Å². The van der Waals surface area contributed by atoms with Crippen LogP contribution in [0.4, 0.5) is 11.4 Å². The minimum absolute atomic E-state index is 0.0695. The topological polar surface area (TPSA) is 108 Å². The molecule has 0 atom stereocenters. The highest BCUT2D eigenvalue weighted by Crippen LogP contribution is 2.25. The fraction of sp³-hybridized carbons (Fsp3) is 0.235. The molecule has 146 valence electrons. The number of anilines is 1. The van der Waals surface area contributed by atoms with Gasteiger partial charge in [-0.2, -0.15) is 10.2 Å². The van der Waals surface area contributed by atoms with Crippen molar-refractivity contribution in [2.24, 2.45) is 0 Å². The summed E-state index contributed by atoms with van der Waals surface area (Å²) in [5, 5.41) is 22.9. The molecule has 0 saturated heterocycles. The van der Waals surface area contributed by atoms with Crippen molar-refractivity contribution in [1.82, 2.24) is 19.6 Å². The third-order valence-corrected chi connectivity index (χ3v) is 4.69. The normalized spacial score (nSPS) is 10.8. The number of carbonyl (C=O) groups is 1. The van der Waals surface area contributed by atoms with Crippen LogP contribution < -0.4 is 5.32 Å². The lowest BCUT2D eigenvalue weighted by Crippen LogP contribution is -2.14. The van der Waals surface area contributed by atoms with Gasteiger partial charge in [-0.05, 0) is 19.1 Å². The molecule has 3 rings (SSSR count). The van der Waals surface area contributed by atoms with Gasteiger partial charge in [0.15, 0.2) is 0 Å². The van der Waals surface area contributed by atoms with Gasteiger partial charge in [0.1, 0.15) is 11.9 Å². The molecule has 9 nitrogen and oxygen atoms in total. The van der Waals surface area contributed by atoms with Crippen LogP contribution in [0.5, 0.6) is 0 Å². The van der Waals surface area contributed by atoms with E-state index in [0.717, 1.165) is 5.56 Å². The number of benzene rings is 1. The van der Waals surface area contributed by atoms with Crippen LogP contribution in [0.2, 0.25) is 10.0 Å². The van der Waals surface area contributed by atoms with Gasteiger partial charge in [0.05, 0.1) is 23.4 Å². The zero-order valence-electron chi connectivity index (χ0n) is 14.8. The highest BCUT2D eigenvalue weighted by Gasteiger charge is 2.16. The van der Waals surface area contributed by atoms with Crippen LogP contribution in [0.3, 0.4) is 0 Å². The van der Waals surface area contributed by atoms with E-state index < -0.39 is 4.92 Å². The summed E-state index contributed by atoms with van der Waals surface area (Å²) in [6.07, 6.45) is 4.61. The molecule has 0 saturated carbocycles. The lowest BCUT2D eigenvalue weighted by atomic mass is 10.2. The molecule has 0 aliphatic heterocycles. The number of carbonyl (C=O) groups excluding carboxylic acids is 1. The molecule has 1 amide bonds. The number of amides is 1.